The molecule has 0 aliphatic carbocycles. The van der Waals surface area contributed by atoms with Crippen molar-refractivity contribution < 1.29 is 15.0 Å². The molecule has 0 aromatic carbocycles. The topological polar surface area (TPSA) is 69.6 Å². The van der Waals surface area contributed by atoms with E-state index in [-0.39, 0.29) is 18.5 Å². The largest absolute Gasteiger partial charge is 0.480 e. The molecule has 5 heteroatoms. The number of aliphatic carboxylic acids is 1. The fourth-order valence-electron chi connectivity index (χ4n) is 1.05. The molecule has 3 N–H and O–H groups in total. The summed E-state index contributed by atoms with van der Waals surface area (Å²) in [4.78, 5) is 10.3. The van der Waals surface area contributed by atoms with E-state index < -0.39 is 12.0 Å². The zero-order valence-electron chi connectivity index (χ0n) is 5.99. The number of rotatable bonds is 1. The number of aliphatic hydroxyl groups excluding tert-OH is 1. The summed E-state index contributed by atoms with van der Waals surface area (Å²) in [5, 5.41) is 20.2. The number of aliphatic hydroxyl groups is 1. The molecule has 1 aliphatic heterocycles. The van der Waals surface area contributed by atoms with Gasteiger partial charge in [0, 0.05) is 6.54 Å². The highest BCUT2D eigenvalue weighted by atomic mass is 35.5. The second-order valence-corrected chi connectivity index (χ2v) is 2.53. The van der Waals surface area contributed by atoms with Crippen LogP contribution in [0.5, 0.6) is 0 Å². The van der Waals surface area contributed by atoms with E-state index >= 15 is 0 Å². The lowest BCUT2D eigenvalue weighted by Gasteiger charge is -2.23. The number of hydrogen-bond donors (Lipinski definition) is 3. The number of nitrogens with one attached hydrogen (secondary N) is 1. The number of hydrogen-bond acceptors (Lipinski definition) is 3. The smallest absolute Gasteiger partial charge is 0.320 e. The van der Waals surface area contributed by atoms with Crippen LogP contribution in [0.25, 0.3) is 0 Å². The van der Waals surface area contributed by atoms with Crippen molar-refractivity contribution in [1.29, 1.82) is 0 Å². The molecule has 0 radical (unpaired) electrons. The Morgan fingerprint density at radius 2 is 2.09 bits per heavy atom. The monoisotopic (exact) mass is 181 g/mol. The lowest BCUT2D eigenvalue weighted by atomic mass is 10.0. The molecule has 1 saturated heterocycles. The second-order valence-electron chi connectivity index (χ2n) is 2.53. The molecule has 0 spiro atoms. The Bertz CT molecular complexity index is 134. The van der Waals surface area contributed by atoms with Gasteiger partial charge in [-0.25, -0.2) is 0 Å². The van der Waals surface area contributed by atoms with Crippen LogP contribution in [0.2, 0.25) is 0 Å². The van der Waals surface area contributed by atoms with Gasteiger partial charge in [-0.3, -0.25) is 4.79 Å². The van der Waals surface area contributed by atoms with Crippen LogP contribution < -0.4 is 5.32 Å². The van der Waals surface area contributed by atoms with Gasteiger partial charge in [0.2, 0.25) is 0 Å². The molecular formula is C6H12ClNO3. The number of piperidine rings is 1. The minimum Gasteiger partial charge on any atom is -0.480 e. The lowest BCUT2D eigenvalue weighted by molar-refractivity contribution is -0.140. The van der Waals surface area contributed by atoms with E-state index in [1.165, 1.54) is 0 Å². The predicted octanol–water partition coefficient (Wildman–Crippen LogP) is -0.394. The first-order valence-electron chi connectivity index (χ1n) is 3.34. The van der Waals surface area contributed by atoms with Crippen LogP contribution in [0.3, 0.4) is 0 Å². The van der Waals surface area contributed by atoms with Crippen molar-refractivity contribution in [3.63, 3.8) is 0 Å². The van der Waals surface area contributed by atoms with E-state index in [1.807, 2.05) is 0 Å². The van der Waals surface area contributed by atoms with Gasteiger partial charge in [-0.2, -0.15) is 0 Å². The Hall–Kier alpha value is -0.320. The first-order valence-corrected chi connectivity index (χ1v) is 3.34. The zero-order chi connectivity index (χ0) is 7.56. The average molecular weight is 182 g/mol. The summed E-state index contributed by atoms with van der Waals surface area (Å²) < 4.78 is 0. The lowest BCUT2D eigenvalue weighted by Crippen LogP contribution is -2.45. The molecule has 1 rings (SSSR count). The van der Waals surface area contributed by atoms with Crippen molar-refractivity contribution >= 4 is 18.4 Å². The second kappa shape index (κ2) is 4.54. The molecular weight excluding hydrogens is 170 g/mol. The van der Waals surface area contributed by atoms with Crippen molar-refractivity contribution in [3.05, 3.63) is 0 Å². The molecule has 1 aliphatic rings. The van der Waals surface area contributed by atoms with Crippen molar-refractivity contribution in [1.82, 2.24) is 5.32 Å². The third kappa shape index (κ3) is 3.05. The van der Waals surface area contributed by atoms with E-state index in [4.69, 9.17) is 10.2 Å². The predicted molar refractivity (Wildman–Crippen MR) is 41.9 cm³/mol. The third-order valence-electron chi connectivity index (χ3n) is 1.69. The molecule has 0 unspecified atom stereocenters. The van der Waals surface area contributed by atoms with Crippen LogP contribution in [-0.2, 0) is 4.79 Å². The summed E-state index contributed by atoms with van der Waals surface area (Å²) >= 11 is 0. The highest BCUT2D eigenvalue weighted by Crippen LogP contribution is 2.07. The van der Waals surface area contributed by atoms with Crippen molar-refractivity contribution in [2.24, 2.45) is 0 Å². The van der Waals surface area contributed by atoms with Gasteiger partial charge in [0.25, 0.3) is 0 Å². The standard InChI is InChI=1S/C6H11NO3.ClH/c8-4-1-2-5(6(9)10)7-3-4;/h4-5,7-8H,1-3H2,(H,9,10);1H/t4-,5-;/m1./s1. The first-order chi connectivity index (χ1) is 4.70. The minimum absolute atomic E-state index is 0. The fourth-order valence-corrected chi connectivity index (χ4v) is 1.05. The van der Waals surface area contributed by atoms with Crippen LogP contribution >= 0.6 is 12.4 Å². The molecule has 0 saturated carbocycles. The number of β-amino-alcohol motifs (C(OH)–C–C–N with tert-alkyl or cyclic N) is 1. The van der Waals surface area contributed by atoms with Crippen molar-refractivity contribution in [2.45, 2.75) is 25.0 Å². The maximum Gasteiger partial charge on any atom is 0.320 e. The maximum atomic E-state index is 10.3. The Morgan fingerprint density at radius 3 is 2.45 bits per heavy atom. The highest BCUT2D eigenvalue weighted by molar-refractivity contribution is 5.85. The van der Waals surface area contributed by atoms with Crippen LogP contribution in [0, 0.1) is 0 Å². The molecule has 11 heavy (non-hydrogen) atoms. The van der Waals surface area contributed by atoms with Gasteiger partial charge in [0.15, 0.2) is 0 Å². The van der Waals surface area contributed by atoms with Gasteiger partial charge < -0.3 is 15.5 Å². The first kappa shape index (κ1) is 10.7. The summed E-state index contributed by atoms with van der Waals surface area (Å²) in [6.07, 6.45) is 0.746. The van der Waals surface area contributed by atoms with E-state index in [0.717, 1.165) is 0 Å². The molecule has 4 nitrogen and oxygen atoms in total. The van der Waals surface area contributed by atoms with Gasteiger partial charge >= 0.3 is 5.97 Å². The zero-order valence-corrected chi connectivity index (χ0v) is 6.80. The summed E-state index contributed by atoms with van der Waals surface area (Å²) in [6, 6.07) is -0.455. The Kier molecular flexibility index (Phi) is 4.40. The third-order valence-corrected chi connectivity index (χ3v) is 1.69. The minimum atomic E-state index is -0.827. The van der Waals surface area contributed by atoms with E-state index in [9.17, 15) is 4.79 Å². The number of carboxylic acids is 1. The van der Waals surface area contributed by atoms with Crippen LogP contribution in [0.15, 0.2) is 0 Å². The van der Waals surface area contributed by atoms with E-state index in [0.29, 0.717) is 19.4 Å². The molecule has 1 fully saturated rings. The molecule has 1 heterocycles. The molecule has 2 atom stereocenters. The molecule has 66 valence electrons. The van der Waals surface area contributed by atoms with Crippen LogP contribution in [0.4, 0.5) is 0 Å². The van der Waals surface area contributed by atoms with Crippen molar-refractivity contribution in [3.8, 4) is 0 Å². The fraction of sp³-hybridized carbons (Fsp3) is 0.833. The summed E-state index contributed by atoms with van der Waals surface area (Å²) in [7, 11) is 0. The quantitative estimate of drug-likeness (QED) is 0.515. The normalized spacial score (nSPS) is 30.6. The van der Waals surface area contributed by atoms with Crippen molar-refractivity contribution in [2.75, 3.05) is 6.54 Å². The average Bonchev–Trinajstić information content (AvgIpc) is 1.88. The van der Waals surface area contributed by atoms with Crippen LogP contribution in [-0.4, -0.2) is 34.9 Å². The Morgan fingerprint density at radius 1 is 1.45 bits per heavy atom. The number of halogens is 1. The summed E-state index contributed by atoms with van der Waals surface area (Å²) in [5.41, 5.74) is 0. The molecule has 0 amide bonds. The maximum absolute atomic E-state index is 10.3. The number of carbonyl (C=O) groups is 1. The van der Waals surface area contributed by atoms with Gasteiger partial charge in [-0.15, -0.1) is 12.4 Å². The number of carboxylic acid groups (broad SMARTS) is 1. The van der Waals surface area contributed by atoms with Gasteiger partial charge in [-0.05, 0) is 12.8 Å². The molecule has 0 aromatic rings. The van der Waals surface area contributed by atoms with E-state index in [2.05, 4.69) is 5.32 Å². The van der Waals surface area contributed by atoms with Gasteiger partial charge in [0.05, 0.1) is 6.10 Å². The Labute approximate surface area is 71.0 Å². The van der Waals surface area contributed by atoms with E-state index in [1.54, 1.807) is 0 Å². The highest BCUT2D eigenvalue weighted by Gasteiger charge is 2.23. The Balaban J connectivity index is 0.000001000. The van der Waals surface area contributed by atoms with Gasteiger partial charge in [0.1, 0.15) is 6.04 Å². The molecule has 0 bridgehead atoms. The molecule has 0 aromatic heterocycles. The summed E-state index contributed by atoms with van der Waals surface area (Å²) in [6.45, 7) is 0.400. The van der Waals surface area contributed by atoms with Gasteiger partial charge in [-0.1, -0.05) is 0 Å². The summed E-state index contributed by atoms with van der Waals surface area (Å²) in [5.74, 6) is -0.827. The SMILES string of the molecule is Cl.O=C(O)[C@H]1CC[C@@H](O)CN1. The van der Waals surface area contributed by atoms with Crippen LogP contribution in [0.1, 0.15) is 12.8 Å².